The van der Waals surface area contributed by atoms with Crippen LogP contribution in [0.1, 0.15) is 55.8 Å². The first-order valence-corrected chi connectivity index (χ1v) is 11.2. The molecule has 3 rings (SSSR count). The molecular weight excluding hydrogens is 392 g/mol. The summed E-state index contributed by atoms with van der Waals surface area (Å²) in [6.45, 7) is 10.6. The van der Waals surface area contributed by atoms with Crippen LogP contribution in [0.5, 0.6) is 5.75 Å². The number of nitrogens with one attached hydrogen (secondary N) is 1. The molecule has 6 nitrogen and oxygen atoms in total. The maximum Gasteiger partial charge on any atom is 0.251 e. The van der Waals surface area contributed by atoms with Crippen molar-refractivity contribution in [2.75, 3.05) is 13.1 Å². The molecule has 1 aliphatic carbocycles. The number of benzene rings is 1. The number of hydrogen-bond donors (Lipinski definition) is 2. The van der Waals surface area contributed by atoms with E-state index < -0.39 is 11.6 Å². The zero-order valence-electron chi connectivity index (χ0n) is 18.4. The molecule has 0 spiro atoms. The molecule has 0 unspecified atom stereocenters. The number of likely N-dealkylation sites (tertiary alicyclic amines) is 1. The summed E-state index contributed by atoms with van der Waals surface area (Å²) >= 11 is 0. The van der Waals surface area contributed by atoms with Gasteiger partial charge < -0.3 is 20.1 Å². The van der Waals surface area contributed by atoms with Crippen LogP contribution in [0.2, 0.25) is 0 Å². The fourth-order valence-electron chi connectivity index (χ4n) is 4.04. The maximum absolute atomic E-state index is 12.8. The lowest BCUT2D eigenvalue weighted by Gasteiger charge is -2.33. The number of rotatable bonds is 10. The van der Waals surface area contributed by atoms with E-state index in [-0.39, 0.29) is 17.9 Å². The molecule has 2 amide bonds. The number of ether oxygens (including phenoxy) is 1. The Morgan fingerprint density at radius 2 is 1.87 bits per heavy atom. The maximum atomic E-state index is 12.8. The van der Waals surface area contributed by atoms with Gasteiger partial charge in [-0.3, -0.25) is 9.59 Å². The summed E-state index contributed by atoms with van der Waals surface area (Å²) in [5.41, 5.74) is -0.649. The van der Waals surface area contributed by atoms with Crippen molar-refractivity contribution in [1.29, 1.82) is 0 Å². The molecule has 2 N–H and O–H groups in total. The van der Waals surface area contributed by atoms with Crippen molar-refractivity contribution in [3.63, 3.8) is 0 Å². The number of amides is 2. The lowest BCUT2D eigenvalue weighted by atomic mass is 9.88. The highest BCUT2D eigenvalue weighted by atomic mass is 16.5. The fraction of sp³-hybridized carbons (Fsp3) is 0.520. The van der Waals surface area contributed by atoms with Crippen LogP contribution in [0.25, 0.3) is 0 Å². The van der Waals surface area contributed by atoms with Crippen molar-refractivity contribution < 1.29 is 19.4 Å². The normalized spacial score (nSPS) is 18.2. The van der Waals surface area contributed by atoms with Gasteiger partial charge in [0.15, 0.2) is 0 Å². The van der Waals surface area contributed by atoms with Crippen LogP contribution >= 0.6 is 0 Å². The standard InChI is InChI=1S/C25H34N2O4/c1-4-13-25(30,14-5-2)18(3)26-23(28)20-7-6-8-22(17-20)31-21-11-15-27(16-12-21)24(29)19-9-10-19/h4-8,17-19,21,30H,1-2,9-16H2,3H3,(H,26,28)/t18-/m0/s1. The van der Waals surface area contributed by atoms with Gasteiger partial charge in [0.2, 0.25) is 5.91 Å². The summed E-state index contributed by atoms with van der Waals surface area (Å²) in [6.07, 6.45) is 7.67. The summed E-state index contributed by atoms with van der Waals surface area (Å²) < 4.78 is 6.11. The summed E-state index contributed by atoms with van der Waals surface area (Å²) in [6, 6.07) is 6.61. The Hall–Kier alpha value is -2.60. The van der Waals surface area contributed by atoms with E-state index in [1.54, 1.807) is 37.3 Å². The minimum absolute atomic E-state index is 0.0331. The largest absolute Gasteiger partial charge is 0.490 e. The van der Waals surface area contributed by atoms with Gasteiger partial charge in [-0.25, -0.2) is 0 Å². The smallest absolute Gasteiger partial charge is 0.251 e. The first kappa shape index (κ1) is 23.1. The molecule has 1 saturated heterocycles. The van der Waals surface area contributed by atoms with Gasteiger partial charge in [0.25, 0.3) is 5.91 Å². The predicted octanol–water partition coefficient (Wildman–Crippen LogP) is 3.47. The van der Waals surface area contributed by atoms with Crippen LogP contribution in [-0.2, 0) is 4.79 Å². The van der Waals surface area contributed by atoms with Gasteiger partial charge >= 0.3 is 0 Å². The zero-order valence-corrected chi connectivity index (χ0v) is 18.4. The second-order valence-corrected chi connectivity index (χ2v) is 8.73. The highest BCUT2D eigenvalue weighted by Crippen LogP contribution is 2.32. The molecule has 1 heterocycles. The molecule has 1 aromatic rings. The molecular formula is C25H34N2O4. The Labute approximate surface area is 185 Å². The van der Waals surface area contributed by atoms with Crippen LogP contribution in [0.4, 0.5) is 0 Å². The summed E-state index contributed by atoms with van der Waals surface area (Å²) in [4.78, 5) is 26.9. The van der Waals surface area contributed by atoms with E-state index in [9.17, 15) is 14.7 Å². The van der Waals surface area contributed by atoms with E-state index in [1.807, 2.05) is 11.0 Å². The summed E-state index contributed by atoms with van der Waals surface area (Å²) in [7, 11) is 0. The van der Waals surface area contributed by atoms with Crippen molar-refractivity contribution in [1.82, 2.24) is 10.2 Å². The van der Waals surface area contributed by atoms with Gasteiger partial charge in [-0.2, -0.15) is 0 Å². The van der Waals surface area contributed by atoms with E-state index in [0.717, 1.165) is 38.8 Å². The van der Waals surface area contributed by atoms with E-state index in [1.165, 1.54) is 0 Å². The molecule has 31 heavy (non-hydrogen) atoms. The Bertz CT molecular complexity index is 799. The summed E-state index contributed by atoms with van der Waals surface area (Å²) in [5.74, 6) is 0.916. The minimum atomic E-state index is -1.13. The highest BCUT2D eigenvalue weighted by Gasteiger charge is 2.35. The van der Waals surface area contributed by atoms with Crippen molar-refractivity contribution in [3.8, 4) is 5.75 Å². The zero-order chi connectivity index (χ0) is 22.4. The van der Waals surface area contributed by atoms with Crippen molar-refractivity contribution >= 4 is 11.8 Å². The number of carbonyl (C=O) groups excluding carboxylic acids is 2. The quantitative estimate of drug-likeness (QED) is 0.562. The van der Waals surface area contributed by atoms with Gasteiger partial charge in [-0.15, -0.1) is 13.2 Å². The van der Waals surface area contributed by atoms with Crippen LogP contribution in [0, 0.1) is 5.92 Å². The van der Waals surface area contributed by atoms with Gasteiger partial charge in [0.1, 0.15) is 11.9 Å². The SMILES string of the molecule is C=CCC(O)(CC=C)[C@H](C)NC(=O)c1cccc(OC2CCN(C(=O)C3CC3)CC2)c1. The average Bonchev–Trinajstić information content (AvgIpc) is 3.60. The van der Waals surface area contributed by atoms with Gasteiger partial charge in [0, 0.05) is 37.4 Å². The molecule has 1 aromatic carbocycles. The number of piperidine rings is 1. The Balaban J connectivity index is 1.55. The topological polar surface area (TPSA) is 78.9 Å². The number of hydrogen-bond acceptors (Lipinski definition) is 4. The third-order valence-electron chi connectivity index (χ3n) is 6.23. The number of aliphatic hydroxyl groups is 1. The number of nitrogens with zero attached hydrogens (tertiary/aromatic N) is 1. The first-order valence-electron chi connectivity index (χ1n) is 11.2. The van der Waals surface area contributed by atoms with Crippen LogP contribution in [0.3, 0.4) is 0 Å². The van der Waals surface area contributed by atoms with E-state index in [0.29, 0.717) is 30.1 Å². The van der Waals surface area contributed by atoms with Crippen LogP contribution < -0.4 is 10.1 Å². The van der Waals surface area contributed by atoms with E-state index in [4.69, 9.17) is 4.74 Å². The second-order valence-electron chi connectivity index (χ2n) is 8.73. The molecule has 0 bridgehead atoms. The lowest BCUT2D eigenvalue weighted by molar-refractivity contribution is -0.134. The van der Waals surface area contributed by atoms with E-state index >= 15 is 0 Å². The van der Waals surface area contributed by atoms with Gasteiger partial charge in [0.05, 0.1) is 11.6 Å². The highest BCUT2D eigenvalue weighted by molar-refractivity contribution is 5.94. The molecule has 1 atom stereocenters. The predicted molar refractivity (Wildman–Crippen MR) is 121 cm³/mol. The monoisotopic (exact) mass is 426 g/mol. The third-order valence-corrected chi connectivity index (χ3v) is 6.23. The van der Waals surface area contributed by atoms with Crippen molar-refractivity contribution in [2.24, 2.45) is 5.92 Å². The molecule has 1 aliphatic heterocycles. The molecule has 6 heteroatoms. The number of carbonyl (C=O) groups is 2. The molecule has 2 fully saturated rings. The summed E-state index contributed by atoms with van der Waals surface area (Å²) in [5, 5.41) is 13.7. The van der Waals surface area contributed by atoms with E-state index in [2.05, 4.69) is 18.5 Å². The fourth-order valence-corrected chi connectivity index (χ4v) is 4.04. The molecule has 168 valence electrons. The van der Waals surface area contributed by atoms with Crippen molar-refractivity contribution in [3.05, 3.63) is 55.1 Å². The Morgan fingerprint density at radius 3 is 2.45 bits per heavy atom. The Morgan fingerprint density at radius 1 is 1.23 bits per heavy atom. The third kappa shape index (κ3) is 5.97. The minimum Gasteiger partial charge on any atom is -0.490 e. The van der Waals surface area contributed by atoms with Crippen molar-refractivity contribution in [2.45, 2.75) is 63.2 Å². The molecule has 0 aromatic heterocycles. The second kappa shape index (κ2) is 10.1. The van der Waals surface area contributed by atoms with Gasteiger partial charge in [-0.05, 0) is 50.8 Å². The Kier molecular flexibility index (Phi) is 7.55. The molecule has 2 aliphatic rings. The molecule has 1 saturated carbocycles. The average molecular weight is 427 g/mol. The van der Waals surface area contributed by atoms with Gasteiger partial charge in [-0.1, -0.05) is 18.2 Å². The first-order chi connectivity index (χ1) is 14.9. The lowest BCUT2D eigenvalue weighted by Crippen LogP contribution is -2.50. The van der Waals surface area contributed by atoms with Crippen LogP contribution in [-0.4, -0.2) is 52.7 Å². The van der Waals surface area contributed by atoms with Crippen LogP contribution in [0.15, 0.2) is 49.6 Å². The molecule has 0 radical (unpaired) electrons.